The van der Waals surface area contributed by atoms with E-state index in [0.717, 1.165) is 11.3 Å². The number of nitrogens with zero attached hydrogens (tertiary/aromatic N) is 3. The van der Waals surface area contributed by atoms with Gasteiger partial charge in [-0.3, -0.25) is 0 Å². The maximum atomic E-state index is 5.60. The van der Waals surface area contributed by atoms with E-state index in [-0.39, 0.29) is 0 Å². The lowest BCUT2D eigenvalue weighted by Gasteiger charge is -2.05. The van der Waals surface area contributed by atoms with Gasteiger partial charge in [0, 0.05) is 6.54 Å². The van der Waals surface area contributed by atoms with E-state index >= 15 is 0 Å². The third-order valence-electron chi connectivity index (χ3n) is 1.88. The second kappa shape index (κ2) is 3.37. The summed E-state index contributed by atoms with van der Waals surface area (Å²) in [6.07, 6.45) is 3.45. The molecule has 13 heavy (non-hydrogen) atoms. The summed E-state index contributed by atoms with van der Waals surface area (Å²) in [5.74, 6) is 0. The first-order valence-corrected chi connectivity index (χ1v) is 4.06. The Balaban J connectivity index is 2.51. The van der Waals surface area contributed by atoms with E-state index in [1.54, 1.807) is 17.1 Å². The first kappa shape index (κ1) is 7.94. The normalized spacial score (nSPS) is 10.2. The number of rotatable bonds is 2. The highest BCUT2D eigenvalue weighted by Gasteiger charge is 2.01. The van der Waals surface area contributed by atoms with Gasteiger partial charge in [0.05, 0.1) is 18.1 Å². The SMILES string of the molecule is NCc1ccccc1-n1ccnn1. The zero-order chi connectivity index (χ0) is 9.10. The van der Waals surface area contributed by atoms with Gasteiger partial charge < -0.3 is 5.73 Å². The first-order chi connectivity index (χ1) is 6.42. The lowest BCUT2D eigenvalue weighted by Crippen LogP contribution is -2.04. The molecule has 0 aliphatic rings. The average Bonchev–Trinajstić information content (AvgIpc) is 2.70. The largest absolute Gasteiger partial charge is 0.326 e. The van der Waals surface area contributed by atoms with Crippen molar-refractivity contribution in [1.29, 1.82) is 0 Å². The Hall–Kier alpha value is -1.68. The van der Waals surface area contributed by atoms with Crippen molar-refractivity contribution in [1.82, 2.24) is 15.0 Å². The Labute approximate surface area is 76.0 Å². The number of hydrogen-bond acceptors (Lipinski definition) is 3. The molecule has 2 aromatic rings. The van der Waals surface area contributed by atoms with Crippen LogP contribution in [0, 0.1) is 0 Å². The molecule has 0 aliphatic heterocycles. The summed E-state index contributed by atoms with van der Waals surface area (Å²) >= 11 is 0. The van der Waals surface area contributed by atoms with Crippen LogP contribution in [0.4, 0.5) is 0 Å². The van der Waals surface area contributed by atoms with Gasteiger partial charge in [-0.15, -0.1) is 5.10 Å². The zero-order valence-corrected chi connectivity index (χ0v) is 7.09. The van der Waals surface area contributed by atoms with Crippen LogP contribution in [-0.2, 0) is 6.54 Å². The Kier molecular flexibility index (Phi) is 2.06. The fraction of sp³-hybridized carbons (Fsp3) is 0.111. The molecule has 0 fully saturated rings. The summed E-state index contributed by atoms with van der Waals surface area (Å²) in [5.41, 5.74) is 7.65. The molecule has 0 atom stereocenters. The van der Waals surface area contributed by atoms with Crippen LogP contribution >= 0.6 is 0 Å². The van der Waals surface area contributed by atoms with Crippen molar-refractivity contribution in [3.05, 3.63) is 42.2 Å². The van der Waals surface area contributed by atoms with Gasteiger partial charge in [0.2, 0.25) is 0 Å². The van der Waals surface area contributed by atoms with E-state index in [0.29, 0.717) is 6.54 Å². The number of para-hydroxylation sites is 1. The van der Waals surface area contributed by atoms with Crippen LogP contribution in [-0.4, -0.2) is 15.0 Å². The molecule has 66 valence electrons. The van der Waals surface area contributed by atoms with Gasteiger partial charge in [0.1, 0.15) is 0 Å². The Morgan fingerprint density at radius 2 is 2.15 bits per heavy atom. The van der Waals surface area contributed by atoms with Gasteiger partial charge in [0.25, 0.3) is 0 Å². The molecule has 2 rings (SSSR count). The van der Waals surface area contributed by atoms with Crippen molar-refractivity contribution in [2.24, 2.45) is 5.73 Å². The maximum absolute atomic E-state index is 5.60. The molecule has 0 spiro atoms. The third-order valence-corrected chi connectivity index (χ3v) is 1.88. The third kappa shape index (κ3) is 1.43. The quantitative estimate of drug-likeness (QED) is 0.730. The molecule has 2 N–H and O–H groups in total. The molecular formula is C9H10N4. The van der Waals surface area contributed by atoms with Crippen LogP contribution in [0.2, 0.25) is 0 Å². The van der Waals surface area contributed by atoms with Gasteiger partial charge in [-0.05, 0) is 11.6 Å². The summed E-state index contributed by atoms with van der Waals surface area (Å²) in [5, 5.41) is 7.65. The molecule has 4 heteroatoms. The van der Waals surface area contributed by atoms with E-state index in [4.69, 9.17) is 5.73 Å². The van der Waals surface area contributed by atoms with Crippen molar-refractivity contribution >= 4 is 0 Å². The minimum atomic E-state index is 0.510. The van der Waals surface area contributed by atoms with Crippen LogP contribution < -0.4 is 5.73 Å². The van der Waals surface area contributed by atoms with E-state index in [9.17, 15) is 0 Å². The minimum absolute atomic E-state index is 0.510. The maximum Gasteiger partial charge on any atom is 0.0708 e. The molecule has 4 nitrogen and oxygen atoms in total. The van der Waals surface area contributed by atoms with E-state index < -0.39 is 0 Å². The minimum Gasteiger partial charge on any atom is -0.326 e. The molecule has 0 saturated carbocycles. The Morgan fingerprint density at radius 3 is 2.85 bits per heavy atom. The number of benzene rings is 1. The summed E-state index contributed by atoms with van der Waals surface area (Å²) < 4.78 is 1.71. The highest BCUT2D eigenvalue weighted by Crippen LogP contribution is 2.11. The molecule has 0 amide bonds. The molecule has 0 unspecified atom stereocenters. The standard InChI is InChI=1S/C9H10N4/c10-7-8-3-1-2-4-9(8)13-6-5-11-12-13/h1-6H,7,10H2. The van der Waals surface area contributed by atoms with Crippen LogP contribution in [0.25, 0.3) is 5.69 Å². The summed E-state index contributed by atoms with van der Waals surface area (Å²) in [6.45, 7) is 0.510. The molecule has 1 aromatic heterocycles. The topological polar surface area (TPSA) is 56.7 Å². The number of aromatic nitrogens is 3. The number of nitrogens with two attached hydrogens (primary N) is 1. The van der Waals surface area contributed by atoms with Crippen molar-refractivity contribution in [3.8, 4) is 5.69 Å². The van der Waals surface area contributed by atoms with E-state index in [1.807, 2.05) is 24.3 Å². The van der Waals surface area contributed by atoms with Crippen molar-refractivity contribution in [2.45, 2.75) is 6.54 Å². The molecule has 0 bridgehead atoms. The first-order valence-electron chi connectivity index (χ1n) is 4.06. The van der Waals surface area contributed by atoms with Crippen LogP contribution in [0.1, 0.15) is 5.56 Å². The molecule has 0 aliphatic carbocycles. The fourth-order valence-electron chi connectivity index (χ4n) is 1.24. The van der Waals surface area contributed by atoms with Crippen LogP contribution in [0.3, 0.4) is 0 Å². The van der Waals surface area contributed by atoms with Gasteiger partial charge in [-0.2, -0.15) is 0 Å². The molecule has 1 heterocycles. The fourth-order valence-corrected chi connectivity index (χ4v) is 1.24. The lowest BCUT2D eigenvalue weighted by molar-refractivity contribution is 0.791. The lowest BCUT2D eigenvalue weighted by atomic mass is 10.2. The van der Waals surface area contributed by atoms with Gasteiger partial charge in [-0.25, -0.2) is 4.68 Å². The van der Waals surface area contributed by atoms with Crippen molar-refractivity contribution < 1.29 is 0 Å². The molecule has 1 aromatic carbocycles. The monoisotopic (exact) mass is 174 g/mol. The predicted molar refractivity (Wildman–Crippen MR) is 49.3 cm³/mol. The van der Waals surface area contributed by atoms with Gasteiger partial charge in [-0.1, -0.05) is 23.4 Å². The smallest absolute Gasteiger partial charge is 0.0708 e. The van der Waals surface area contributed by atoms with E-state index in [2.05, 4.69) is 10.3 Å². The second-order valence-corrected chi connectivity index (χ2v) is 2.68. The summed E-state index contributed by atoms with van der Waals surface area (Å²) in [4.78, 5) is 0. The second-order valence-electron chi connectivity index (χ2n) is 2.68. The van der Waals surface area contributed by atoms with Crippen molar-refractivity contribution in [3.63, 3.8) is 0 Å². The van der Waals surface area contributed by atoms with Gasteiger partial charge in [0.15, 0.2) is 0 Å². The highest BCUT2D eigenvalue weighted by atomic mass is 15.4. The zero-order valence-electron chi connectivity index (χ0n) is 7.09. The highest BCUT2D eigenvalue weighted by molar-refractivity contribution is 5.39. The Morgan fingerprint density at radius 1 is 1.31 bits per heavy atom. The van der Waals surface area contributed by atoms with Crippen molar-refractivity contribution in [2.75, 3.05) is 0 Å². The summed E-state index contributed by atoms with van der Waals surface area (Å²) in [7, 11) is 0. The van der Waals surface area contributed by atoms with Crippen LogP contribution in [0.15, 0.2) is 36.7 Å². The molecular weight excluding hydrogens is 164 g/mol. The van der Waals surface area contributed by atoms with E-state index in [1.165, 1.54) is 0 Å². The molecule has 0 radical (unpaired) electrons. The summed E-state index contributed by atoms with van der Waals surface area (Å²) in [6, 6.07) is 7.87. The molecule has 0 saturated heterocycles. The Bertz CT molecular complexity index is 380. The average molecular weight is 174 g/mol. The van der Waals surface area contributed by atoms with Gasteiger partial charge >= 0.3 is 0 Å². The van der Waals surface area contributed by atoms with Crippen LogP contribution in [0.5, 0.6) is 0 Å². The number of hydrogen-bond donors (Lipinski definition) is 1. The predicted octanol–water partition coefficient (Wildman–Crippen LogP) is 0.726.